The normalized spacial score (nSPS) is 16.8. The number of carbonyl (C=O) groups excluding carboxylic acids is 2. The zero-order valence-electron chi connectivity index (χ0n) is 22.6. The fourth-order valence-corrected chi connectivity index (χ4v) is 5.54. The SMILES string of the molecule is CC(C)C(Nc1ccc(CNC(=O)[C@@H]2SCCN2C(=O)C[C@H](N)Cc2cc(F)c(F)cc2F)cc1C(F)(F)F)C(=O)O. The maximum Gasteiger partial charge on any atom is 0.418 e. The number of halogens is 6. The molecular weight excluding hydrogens is 590 g/mol. The number of aliphatic carboxylic acids is 1. The predicted molar refractivity (Wildman–Crippen MR) is 144 cm³/mol. The summed E-state index contributed by atoms with van der Waals surface area (Å²) < 4.78 is 81.9. The lowest BCUT2D eigenvalue weighted by Crippen LogP contribution is -2.46. The van der Waals surface area contributed by atoms with Crippen molar-refractivity contribution in [1.29, 1.82) is 0 Å². The van der Waals surface area contributed by atoms with Crippen molar-refractivity contribution in [2.45, 2.75) is 56.9 Å². The first kappa shape index (κ1) is 33.0. The Morgan fingerprint density at radius 3 is 2.38 bits per heavy atom. The van der Waals surface area contributed by atoms with Crippen molar-refractivity contribution >= 4 is 35.2 Å². The first-order chi connectivity index (χ1) is 19.6. The van der Waals surface area contributed by atoms with E-state index in [-0.39, 0.29) is 37.1 Å². The van der Waals surface area contributed by atoms with Crippen LogP contribution in [-0.4, -0.2) is 57.5 Å². The van der Waals surface area contributed by atoms with Crippen molar-refractivity contribution < 1.29 is 45.8 Å². The van der Waals surface area contributed by atoms with E-state index in [9.17, 15) is 45.8 Å². The van der Waals surface area contributed by atoms with E-state index in [4.69, 9.17) is 5.73 Å². The Labute approximate surface area is 242 Å². The fourth-order valence-electron chi connectivity index (χ4n) is 4.38. The van der Waals surface area contributed by atoms with Crippen molar-refractivity contribution in [2.75, 3.05) is 17.6 Å². The number of rotatable bonds is 11. The summed E-state index contributed by atoms with van der Waals surface area (Å²) in [6, 6.07) is 2.05. The molecule has 0 aromatic heterocycles. The summed E-state index contributed by atoms with van der Waals surface area (Å²) in [6.45, 7) is 2.99. The zero-order chi connectivity index (χ0) is 31.4. The van der Waals surface area contributed by atoms with E-state index >= 15 is 0 Å². The van der Waals surface area contributed by atoms with E-state index < -0.39 is 76.0 Å². The second kappa shape index (κ2) is 13.7. The number of alkyl halides is 3. The molecule has 1 unspecified atom stereocenters. The highest BCUT2D eigenvalue weighted by molar-refractivity contribution is 8.00. The van der Waals surface area contributed by atoms with E-state index in [1.165, 1.54) is 11.0 Å². The van der Waals surface area contributed by atoms with Gasteiger partial charge in [0.1, 0.15) is 11.9 Å². The van der Waals surface area contributed by atoms with Crippen molar-refractivity contribution in [3.8, 4) is 0 Å². The Morgan fingerprint density at radius 1 is 1.10 bits per heavy atom. The minimum Gasteiger partial charge on any atom is -0.480 e. The molecule has 1 fully saturated rings. The van der Waals surface area contributed by atoms with Crippen molar-refractivity contribution in [1.82, 2.24) is 10.2 Å². The van der Waals surface area contributed by atoms with Crippen LogP contribution >= 0.6 is 11.8 Å². The molecule has 5 N–H and O–H groups in total. The molecule has 42 heavy (non-hydrogen) atoms. The molecule has 0 radical (unpaired) electrons. The van der Waals surface area contributed by atoms with Gasteiger partial charge in [0.05, 0.1) is 5.56 Å². The maximum atomic E-state index is 14.0. The Balaban J connectivity index is 1.64. The first-order valence-electron chi connectivity index (χ1n) is 12.9. The topological polar surface area (TPSA) is 125 Å². The minimum atomic E-state index is -4.81. The number of nitrogens with two attached hydrogens (primary N) is 1. The van der Waals surface area contributed by atoms with Gasteiger partial charge in [0.15, 0.2) is 17.0 Å². The highest BCUT2D eigenvalue weighted by atomic mass is 32.2. The summed E-state index contributed by atoms with van der Waals surface area (Å²) in [5.74, 6) is -6.20. The van der Waals surface area contributed by atoms with Gasteiger partial charge < -0.3 is 26.4 Å². The number of benzene rings is 2. The van der Waals surface area contributed by atoms with Gasteiger partial charge in [-0.2, -0.15) is 13.2 Å². The number of hydrogen-bond donors (Lipinski definition) is 4. The number of carboxylic acids is 1. The molecule has 3 rings (SSSR count). The van der Waals surface area contributed by atoms with Crippen LogP contribution in [0.25, 0.3) is 0 Å². The average molecular weight is 621 g/mol. The number of carbonyl (C=O) groups is 3. The number of amides is 2. The third-order valence-electron chi connectivity index (χ3n) is 6.54. The van der Waals surface area contributed by atoms with Crippen LogP contribution in [0, 0.1) is 23.4 Å². The van der Waals surface area contributed by atoms with Crippen LogP contribution in [0.3, 0.4) is 0 Å². The van der Waals surface area contributed by atoms with Gasteiger partial charge in [-0.15, -0.1) is 11.8 Å². The molecule has 3 atom stereocenters. The van der Waals surface area contributed by atoms with Crippen molar-refractivity contribution in [3.05, 3.63) is 64.5 Å². The molecule has 0 aliphatic carbocycles. The maximum absolute atomic E-state index is 14.0. The smallest absolute Gasteiger partial charge is 0.418 e. The van der Waals surface area contributed by atoms with Crippen LogP contribution in [0.2, 0.25) is 0 Å². The molecule has 0 spiro atoms. The van der Waals surface area contributed by atoms with Crippen LogP contribution in [0.1, 0.15) is 37.0 Å². The highest BCUT2D eigenvalue weighted by Crippen LogP contribution is 2.36. The van der Waals surface area contributed by atoms with Gasteiger partial charge in [0.25, 0.3) is 5.91 Å². The van der Waals surface area contributed by atoms with Gasteiger partial charge in [-0.1, -0.05) is 19.9 Å². The third kappa shape index (κ3) is 8.31. The quantitative estimate of drug-likeness (QED) is 0.220. The molecule has 1 heterocycles. The molecule has 230 valence electrons. The standard InChI is InChI=1S/C27H30F6N4O4S/c1-13(2)23(26(40)41)36-21-4-3-14(7-17(21)27(31,32)33)12-35-24(39)25-37(5-6-42-25)22(38)10-16(34)8-15-9-19(29)20(30)11-18(15)28/h3-4,7,9,11,13,16,23,25,36H,5-6,8,10,12,34H2,1-2H3,(H,35,39)(H,40,41)/t16-,23?,25+/m1/s1. The lowest BCUT2D eigenvalue weighted by Gasteiger charge is -2.25. The molecule has 15 heteroatoms. The number of thioether (sulfide) groups is 1. The first-order valence-corrected chi connectivity index (χ1v) is 13.9. The highest BCUT2D eigenvalue weighted by Gasteiger charge is 2.37. The molecule has 0 saturated carbocycles. The zero-order valence-corrected chi connectivity index (χ0v) is 23.4. The number of carboxylic acid groups (broad SMARTS) is 1. The van der Waals surface area contributed by atoms with Gasteiger partial charge in [-0.25, -0.2) is 18.0 Å². The number of nitrogens with one attached hydrogen (secondary N) is 2. The second-order valence-corrected chi connectivity index (χ2v) is 11.3. The molecule has 2 amide bonds. The summed E-state index contributed by atoms with van der Waals surface area (Å²) in [4.78, 5) is 38.5. The molecule has 0 bridgehead atoms. The molecule has 2 aromatic carbocycles. The molecule has 2 aromatic rings. The van der Waals surface area contributed by atoms with Gasteiger partial charge in [0.2, 0.25) is 5.91 Å². The van der Waals surface area contributed by atoms with Gasteiger partial charge >= 0.3 is 12.1 Å². The number of hydrogen-bond acceptors (Lipinski definition) is 6. The van der Waals surface area contributed by atoms with Gasteiger partial charge in [-0.3, -0.25) is 9.59 Å². The van der Waals surface area contributed by atoms with E-state index in [0.29, 0.717) is 17.9 Å². The van der Waals surface area contributed by atoms with Gasteiger partial charge in [0, 0.05) is 43.1 Å². The van der Waals surface area contributed by atoms with E-state index in [1.807, 2.05) is 0 Å². The Hall–Kier alpha value is -3.46. The second-order valence-electron chi connectivity index (χ2n) is 10.1. The third-order valence-corrected chi connectivity index (χ3v) is 7.75. The molecule has 1 aliphatic heterocycles. The summed E-state index contributed by atoms with van der Waals surface area (Å²) in [6.07, 6.45) is -5.39. The van der Waals surface area contributed by atoms with Crippen molar-refractivity contribution in [2.24, 2.45) is 11.7 Å². The van der Waals surface area contributed by atoms with E-state index in [1.54, 1.807) is 13.8 Å². The Morgan fingerprint density at radius 2 is 1.76 bits per heavy atom. The monoisotopic (exact) mass is 620 g/mol. The Kier molecular flexibility index (Phi) is 10.8. The number of nitrogens with zero attached hydrogens (tertiary/aromatic N) is 1. The lowest BCUT2D eigenvalue weighted by atomic mass is 10.0. The summed E-state index contributed by atoms with van der Waals surface area (Å²) in [7, 11) is 0. The summed E-state index contributed by atoms with van der Waals surface area (Å²) >= 11 is 1.14. The average Bonchev–Trinajstić information content (AvgIpc) is 3.39. The van der Waals surface area contributed by atoms with Crippen LogP contribution in [0.4, 0.5) is 32.0 Å². The van der Waals surface area contributed by atoms with Crippen molar-refractivity contribution in [3.63, 3.8) is 0 Å². The number of anilines is 1. The summed E-state index contributed by atoms with van der Waals surface area (Å²) in [5.41, 5.74) is 4.32. The minimum absolute atomic E-state index is 0.0918. The molecular formula is C27H30F6N4O4S. The largest absolute Gasteiger partial charge is 0.480 e. The van der Waals surface area contributed by atoms with Crippen LogP contribution in [-0.2, 0) is 33.5 Å². The summed E-state index contributed by atoms with van der Waals surface area (Å²) in [5, 5.41) is 13.3. The fraction of sp³-hybridized carbons (Fsp3) is 0.444. The van der Waals surface area contributed by atoms with E-state index in [2.05, 4.69) is 10.6 Å². The van der Waals surface area contributed by atoms with Crippen LogP contribution in [0.5, 0.6) is 0 Å². The van der Waals surface area contributed by atoms with Crippen LogP contribution < -0.4 is 16.4 Å². The molecule has 1 aliphatic rings. The van der Waals surface area contributed by atoms with Crippen LogP contribution in [0.15, 0.2) is 30.3 Å². The lowest BCUT2D eigenvalue weighted by molar-refractivity contribution is -0.140. The Bertz CT molecular complexity index is 1330. The van der Waals surface area contributed by atoms with Gasteiger partial charge in [-0.05, 0) is 41.7 Å². The predicted octanol–water partition coefficient (Wildman–Crippen LogP) is 4.12. The molecule has 8 nitrogen and oxygen atoms in total. The van der Waals surface area contributed by atoms with E-state index in [0.717, 1.165) is 23.9 Å². The molecule has 1 saturated heterocycles.